The van der Waals surface area contributed by atoms with Gasteiger partial charge >= 0.3 is 0 Å². The number of nitrogens with zero attached hydrogens (tertiary/aromatic N) is 1. The topological polar surface area (TPSA) is 51.2 Å². The number of carbonyl (C=O) groups excluding carboxylic acids is 1. The van der Waals surface area contributed by atoms with E-state index in [0.29, 0.717) is 28.2 Å². The van der Waals surface area contributed by atoms with Crippen LogP contribution in [-0.2, 0) is 6.54 Å². The molecular formula is C16H16FIN2O2. The number of ether oxygens (including phenoxy) is 1. The van der Waals surface area contributed by atoms with Gasteiger partial charge in [0.25, 0.3) is 5.91 Å². The molecule has 0 aliphatic carbocycles. The van der Waals surface area contributed by atoms with Gasteiger partial charge in [0.15, 0.2) is 0 Å². The lowest BCUT2D eigenvalue weighted by Gasteiger charge is -2.08. The number of aromatic nitrogens is 1. The first-order valence-corrected chi connectivity index (χ1v) is 7.99. The lowest BCUT2D eigenvalue weighted by molar-refractivity contribution is 0.0949. The molecule has 0 radical (unpaired) electrons. The second-order valence-corrected chi connectivity index (χ2v) is 5.82. The van der Waals surface area contributed by atoms with Crippen molar-refractivity contribution in [3.8, 4) is 5.88 Å². The number of pyridine rings is 1. The van der Waals surface area contributed by atoms with E-state index in [1.807, 2.05) is 35.6 Å². The van der Waals surface area contributed by atoms with Crippen molar-refractivity contribution in [2.24, 2.45) is 0 Å². The number of benzene rings is 1. The van der Waals surface area contributed by atoms with E-state index in [-0.39, 0.29) is 5.91 Å². The summed E-state index contributed by atoms with van der Waals surface area (Å²) < 4.78 is 19.3. The Morgan fingerprint density at radius 2 is 2.18 bits per heavy atom. The average Bonchev–Trinajstić information content (AvgIpc) is 2.54. The maximum Gasteiger partial charge on any atom is 0.252 e. The molecule has 116 valence electrons. The third-order valence-electron chi connectivity index (χ3n) is 2.88. The molecule has 22 heavy (non-hydrogen) atoms. The normalized spacial score (nSPS) is 10.3. The van der Waals surface area contributed by atoms with E-state index in [1.54, 1.807) is 18.3 Å². The second kappa shape index (κ2) is 8.07. The first-order valence-electron chi connectivity index (χ1n) is 6.91. The summed E-state index contributed by atoms with van der Waals surface area (Å²) >= 11 is 2.01. The van der Waals surface area contributed by atoms with Crippen LogP contribution in [0.4, 0.5) is 4.39 Å². The summed E-state index contributed by atoms with van der Waals surface area (Å²) in [6.07, 6.45) is 2.58. The molecule has 1 amide bonds. The van der Waals surface area contributed by atoms with Crippen molar-refractivity contribution in [3.63, 3.8) is 0 Å². The van der Waals surface area contributed by atoms with E-state index in [2.05, 4.69) is 10.3 Å². The quantitative estimate of drug-likeness (QED) is 0.736. The Balaban J connectivity index is 1.94. The highest BCUT2D eigenvalue weighted by molar-refractivity contribution is 14.1. The van der Waals surface area contributed by atoms with Crippen molar-refractivity contribution in [1.29, 1.82) is 0 Å². The molecular weight excluding hydrogens is 398 g/mol. The van der Waals surface area contributed by atoms with E-state index in [0.717, 1.165) is 12.0 Å². The molecule has 1 heterocycles. The first kappa shape index (κ1) is 16.7. The Bertz CT molecular complexity index is 647. The lowest BCUT2D eigenvalue weighted by Crippen LogP contribution is -2.23. The van der Waals surface area contributed by atoms with Crippen molar-refractivity contribution in [2.75, 3.05) is 6.61 Å². The van der Waals surface area contributed by atoms with Gasteiger partial charge in [-0.2, -0.15) is 0 Å². The summed E-state index contributed by atoms with van der Waals surface area (Å²) in [6, 6.07) is 7.75. The zero-order valence-corrected chi connectivity index (χ0v) is 14.3. The monoisotopic (exact) mass is 414 g/mol. The van der Waals surface area contributed by atoms with Gasteiger partial charge in [0.1, 0.15) is 5.82 Å². The van der Waals surface area contributed by atoms with Crippen LogP contribution >= 0.6 is 22.6 Å². The van der Waals surface area contributed by atoms with Gasteiger partial charge in [-0.1, -0.05) is 13.0 Å². The van der Waals surface area contributed by atoms with Gasteiger partial charge in [0.2, 0.25) is 5.88 Å². The SMILES string of the molecule is CCCOc1ccc(CNC(=O)c2cc(F)ccc2I)cn1. The van der Waals surface area contributed by atoms with Crippen LogP contribution in [0.25, 0.3) is 0 Å². The Morgan fingerprint density at radius 3 is 2.86 bits per heavy atom. The summed E-state index contributed by atoms with van der Waals surface area (Å²) in [5.41, 5.74) is 1.18. The van der Waals surface area contributed by atoms with Crippen LogP contribution < -0.4 is 10.1 Å². The number of amides is 1. The highest BCUT2D eigenvalue weighted by Gasteiger charge is 2.10. The van der Waals surface area contributed by atoms with E-state index in [9.17, 15) is 9.18 Å². The molecule has 2 aromatic rings. The minimum atomic E-state index is -0.426. The van der Waals surface area contributed by atoms with Gasteiger partial charge in [0.05, 0.1) is 12.2 Å². The number of hydrogen-bond acceptors (Lipinski definition) is 3. The van der Waals surface area contributed by atoms with Crippen LogP contribution in [0.2, 0.25) is 0 Å². The number of nitrogens with one attached hydrogen (secondary N) is 1. The Labute approximate surface area is 142 Å². The van der Waals surface area contributed by atoms with Crippen molar-refractivity contribution in [1.82, 2.24) is 10.3 Å². The molecule has 0 aliphatic heterocycles. The van der Waals surface area contributed by atoms with E-state index < -0.39 is 5.82 Å². The van der Waals surface area contributed by atoms with Gasteiger partial charge in [-0.15, -0.1) is 0 Å². The smallest absolute Gasteiger partial charge is 0.252 e. The largest absolute Gasteiger partial charge is 0.478 e. The highest BCUT2D eigenvalue weighted by Crippen LogP contribution is 2.14. The number of hydrogen-bond donors (Lipinski definition) is 1. The van der Waals surface area contributed by atoms with Gasteiger partial charge in [-0.3, -0.25) is 4.79 Å². The van der Waals surface area contributed by atoms with Gasteiger partial charge in [0, 0.05) is 22.4 Å². The molecule has 0 atom stereocenters. The zero-order chi connectivity index (χ0) is 15.9. The maximum atomic E-state index is 13.2. The summed E-state index contributed by atoms with van der Waals surface area (Å²) in [7, 11) is 0. The summed E-state index contributed by atoms with van der Waals surface area (Å²) in [6.45, 7) is 2.98. The van der Waals surface area contributed by atoms with Crippen LogP contribution in [0.5, 0.6) is 5.88 Å². The second-order valence-electron chi connectivity index (χ2n) is 4.66. The van der Waals surface area contributed by atoms with Crippen molar-refractivity contribution >= 4 is 28.5 Å². The molecule has 2 rings (SSSR count). The number of rotatable bonds is 6. The molecule has 1 N–H and O–H groups in total. The molecule has 0 saturated heterocycles. The van der Waals surface area contributed by atoms with Crippen LogP contribution in [0.3, 0.4) is 0 Å². The third kappa shape index (κ3) is 4.66. The molecule has 0 spiro atoms. The van der Waals surface area contributed by atoms with E-state index in [4.69, 9.17) is 4.74 Å². The molecule has 0 saturated carbocycles. The highest BCUT2D eigenvalue weighted by atomic mass is 127. The minimum absolute atomic E-state index is 0.310. The molecule has 0 fully saturated rings. The number of halogens is 2. The van der Waals surface area contributed by atoms with Crippen molar-refractivity contribution in [2.45, 2.75) is 19.9 Å². The van der Waals surface area contributed by atoms with Crippen LogP contribution in [0.15, 0.2) is 36.5 Å². The Kier molecular flexibility index (Phi) is 6.11. The predicted molar refractivity (Wildman–Crippen MR) is 90.3 cm³/mol. The van der Waals surface area contributed by atoms with Crippen LogP contribution in [0.1, 0.15) is 29.3 Å². The molecule has 1 aromatic heterocycles. The lowest BCUT2D eigenvalue weighted by atomic mass is 10.2. The van der Waals surface area contributed by atoms with E-state index >= 15 is 0 Å². The van der Waals surface area contributed by atoms with Crippen molar-refractivity contribution < 1.29 is 13.9 Å². The van der Waals surface area contributed by atoms with E-state index in [1.165, 1.54) is 12.1 Å². The molecule has 0 aliphatic rings. The van der Waals surface area contributed by atoms with Gasteiger partial charge in [-0.25, -0.2) is 9.37 Å². The fourth-order valence-corrected chi connectivity index (χ4v) is 2.34. The number of carbonyl (C=O) groups is 1. The van der Waals surface area contributed by atoms with Gasteiger partial charge < -0.3 is 10.1 Å². The summed E-state index contributed by atoms with van der Waals surface area (Å²) in [5.74, 6) is -0.170. The maximum absolute atomic E-state index is 13.2. The molecule has 4 nitrogen and oxygen atoms in total. The van der Waals surface area contributed by atoms with Gasteiger partial charge in [-0.05, 0) is 52.8 Å². The minimum Gasteiger partial charge on any atom is -0.478 e. The van der Waals surface area contributed by atoms with Crippen molar-refractivity contribution in [3.05, 3.63) is 57.0 Å². The molecule has 0 unspecified atom stereocenters. The molecule has 6 heteroatoms. The van der Waals surface area contributed by atoms with Crippen LogP contribution in [0, 0.1) is 9.39 Å². The standard InChI is InChI=1S/C16H16FIN2O2/c1-2-7-22-15-6-3-11(9-19-15)10-20-16(21)13-8-12(17)4-5-14(13)18/h3-6,8-9H,2,7,10H2,1H3,(H,20,21). The molecule has 0 bridgehead atoms. The average molecular weight is 414 g/mol. The summed E-state index contributed by atoms with van der Waals surface area (Å²) in [4.78, 5) is 16.2. The third-order valence-corrected chi connectivity index (χ3v) is 3.82. The first-order chi connectivity index (χ1) is 10.6. The Hall–Kier alpha value is -1.70. The fourth-order valence-electron chi connectivity index (χ4n) is 1.76. The zero-order valence-electron chi connectivity index (χ0n) is 12.1. The Morgan fingerprint density at radius 1 is 1.36 bits per heavy atom. The van der Waals surface area contributed by atoms with Crippen LogP contribution in [-0.4, -0.2) is 17.5 Å². The summed E-state index contributed by atoms with van der Waals surface area (Å²) in [5, 5.41) is 2.75. The molecule has 1 aromatic carbocycles. The predicted octanol–water partition coefficient (Wildman–Crippen LogP) is 3.54. The fraction of sp³-hybridized carbons (Fsp3) is 0.250.